The Labute approximate surface area is 54.3 Å². The van der Waals surface area contributed by atoms with Gasteiger partial charge in [0.05, 0.1) is 6.10 Å². The van der Waals surface area contributed by atoms with Crippen molar-refractivity contribution < 1.29 is 9.90 Å². The van der Waals surface area contributed by atoms with Gasteiger partial charge >= 0.3 is 6.41 Å². The molecule has 0 aromatic heterocycles. The molecule has 3 heteroatoms. The van der Waals surface area contributed by atoms with Crippen LogP contribution in [0.25, 0.3) is 0 Å². The maximum atomic E-state index is 10.00. The van der Waals surface area contributed by atoms with Gasteiger partial charge in [-0.2, -0.15) is 0 Å². The molecule has 1 atom stereocenters. The molecule has 0 saturated carbocycles. The standard InChI is InChI=1S/C6H10NO2/c8-5-7-3-1-2-6(9)4-7/h6,9H,1-4H2. The highest BCUT2D eigenvalue weighted by molar-refractivity contribution is 5.48. The number of nitrogens with zero attached hydrogens (tertiary/aromatic N) is 1. The zero-order valence-electron chi connectivity index (χ0n) is 5.21. The molecule has 1 rings (SSSR count). The van der Waals surface area contributed by atoms with Gasteiger partial charge in [-0.05, 0) is 12.8 Å². The van der Waals surface area contributed by atoms with Crippen LogP contribution in [0.5, 0.6) is 0 Å². The van der Waals surface area contributed by atoms with Crippen LogP contribution < -0.4 is 0 Å². The minimum atomic E-state index is -0.319. The summed E-state index contributed by atoms with van der Waals surface area (Å²) in [6.45, 7) is 1.21. The van der Waals surface area contributed by atoms with Gasteiger partial charge in [-0.15, -0.1) is 0 Å². The number of likely N-dealkylation sites (tertiary alicyclic amines) is 1. The van der Waals surface area contributed by atoms with Gasteiger partial charge in [0.1, 0.15) is 0 Å². The van der Waals surface area contributed by atoms with Crippen molar-refractivity contribution in [3.05, 3.63) is 0 Å². The molecule has 1 saturated heterocycles. The first-order chi connectivity index (χ1) is 4.33. The van der Waals surface area contributed by atoms with Gasteiger partial charge in [-0.3, -0.25) is 4.79 Å². The number of aliphatic hydroxyl groups excluding tert-OH is 1. The van der Waals surface area contributed by atoms with Gasteiger partial charge < -0.3 is 10.0 Å². The Kier molecular flexibility index (Phi) is 2.05. The first kappa shape index (κ1) is 6.55. The zero-order valence-corrected chi connectivity index (χ0v) is 5.21. The number of hydrogen-bond donors (Lipinski definition) is 1. The molecule has 1 aliphatic heterocycles. The average Bonchev–Trinajstić information content (AvgIpc) is 1.88. The SMILES string of the molecule is O=[C]N1CCCC(O)C1. The fourth-order valence-electron chi connectivity index (χ4n) is 1.04. The molecule has 0 aromatic rings. The highest BCUT2D eigenvalue weighted by Gasteiger charge is 2.15. The molecular weight excluding hydrogens is 118 g/mol. The summed E-state index contributed by atoms with van der Waals surface area (Å²) in [5.41, 5.74) is 0. The Balaban J connectivity index is 2.31. The Morgan fingerprint density at radius 2 is 2.44 bits per heavy atom. The summed E-state index contributed by atoms with van der Waals surface area (Å²) >= 11 is 0. The number of hydrogen-bond acceptors (Lipinski definition) is 2. The Bertz CT molecular complexity index is 105. The maximum Gasteiger partial charge on any atom is 0.312 e. The molecule has 1 radical (unpaired) electrons. The number of piperidine rings is 1. The minimum absolute atomic E-state index is 0.319. The Morgan fingerprint density at radius 3 is 2.89 bits per heavy atom. The summed E-state index contributed by atoms with van der Waals surface area (Å²) in [5.74, 6) is 0. The molecule has 9 heavy (non-hydrogen) atoms. The van der Waals surface area contributed by atoms with Crippen molar-refractivity contribution in [3.8, 4) is 0 Å². The van der Waals surface area contributed by atoms with E-state index in [0.29, 0.717) is 6.54 Å². The van der Waals surface area contributed by atoms with E-state index in [-0.39, 0.29) is 6.10 Å². The Morgan fingerprint density at radius 1 is 1.67 bits per heavy atom. The number of amides is 1. The van der Waals surface area contributed by atoms with Crippen molar-refractivity contribution in [2.75, 3.05) is 13.1 Å². The van der Waals surface area contributed by atoms with Crippen LogP contribution in [0.4, 0.5) is 0 Å². The predicted octanol–water partition coefficient (Wildman–Crippen LogP) is -0.490. The Hall–Kier alpha value is -0.570. The van der Waals surface area contributed by atoms with E-state index in [1.54, 1.807) is 6.41 Å². The molecule has 1 unspecified atom stereocenters. The van der Waals surface area contributed by atoms with Crippen molar-refractivity contribution in [2.45, 2.75) is 18.9 Å². The van der Waals surface area contributed by atoms with Crippen molar-refractivity contribution in [1.29, 1.82) is 0 Å². The minimum Gasteiger partial charge on any atom is -0.391 e. The number of aliphatic hydroxyl groups is 1. The summed E-state index contributed by atoms with van der Waals surface area (Å²) in [5, 5.41) is 8.99. The van der Waals surface area contributed by atoms with Gasteiger partial charge in [0.15, 0.2) is 0 Å². The predicted molar refractivity (Wildman–Crippen MR) is 32.5 cm³/mol. The molecule has 0 spiro atoms. The van der Waals surface area contributed by atoms with Crippen LogP contribution >= 0.6 is 0 Å². The van der Waals surface area contributed by atoms with Crippen LogP contribution in [0.15, 0.2) is 0 Å². The molecule has 51 valence electrons. The number of rotatable bonds is 1. The second-order valence-corrected chi connectivity index (χ2v) is 2.33. The van der Waals surface area contributed by atoms with E-state index in [1.807, 2.05) is 0 Å². The number of β-amino-alcohol motifs (C(OH)–C–C–N with tert-alkyl or cyclic N) is 1. The van der Waals surface area contributed by atoms with E-state index in [2.05, 4.69) is 0 Å². The lowest BCUT2D eigenvalue weighted by Crippen LogP contribution is -2.36. The van der Waals surface area contributed by atoms with E-state index in [1.165, 1.54) is 4.90 Å². The van der Waals surface area contributed by atoms with Crippen LogP contribution in [-0.2, 0) is 4.79 Å². The summed E-state index contributed by atoms with van der Waals surface area (Å²) < 4.78 is 0. The summed E-state index contributed by atoms with van der Waals surface area (Å²) in [4.78, 5) is 11.5. The van der Waals surface area contributed by atoms with Crippen LogP contribution in [0, 0.1) is 0 Å². The molecule has 1 fully saturated rings. The van der Waals surface area contributed by atoms with E-state index >= 15 is 0 Å². The fraction of sp³-hybridized carbons (Fsp3) is 0.833. The second-order valence-electron chi connectivity index (χ2n) is 2.33. The molecule has 3 nitrogen and oxygen atoms in total. The van der Waals surface area contributed by atoms with E-state index < -0.39 is 0 Å². The maximum absolute atomic E-state index is 10.00. The third-order valence-corrected chi connectivity index (χ3v) is 1.53. The van der Waals surface area contributed by atoms with Gasteiger partial charge in [-0.25, -0.2) is 0 Å². The van der Waals surface area contributed by atoms with Crippen LogP contribution in [-0.4, -0.2) is 35.6 Å². The summed E-state index contributed by atoms with van der Waals surface area (Å²) in [6, 6.07) is 0. The van der Waals surface area contributed by atoms with Crippen molar-refractivity contribution in [2.24, 2.45) is 0 Å². The highest BCUT2D eigenvalue weighted by Crippen LogP contribution is 2.06. The van der Waals surface area contributed by atoms with E-state index in [0.717, 1.165) is 19.4 Å². The normalized spacial score (nSPS) is 28.1. The van der Waals surface area contributed by atoms with Gasteiger partial charge in [0.25, 0.3) is 0 Å². The van der Waals surface area contributed by atoms with Crippen molar-refractivity contribution in [3.63, 3.8) is 0 Å². The topological polar surface area (TPSA) is 40.5 Å². The quantitative estimate of drug-likeness (QED) is 0.517. The smallest absolute Gasteiger partial charge is 0.312 e. The van der Waals surface area contributed by atoms with Crippen LogP contribution in [0.1, 0.15) is 12.8 Å². The van der Waals surface area contributed by atoms with Gasteiger partial charge in [-0.1, -0.05) is 0 Å². The lowest BCUT2D eigenvalue weighted by atomic mass is 10.1. The van der Waals surface area contributed by atoms with Gasteiger partial charge in [0.2, 0.25) is 0 Å². The van der Waals surface area contributed by atoms with Crippen molar-refractivity contribution in [1.82, 2.24) is 4.90 Å². The molecule has 1 aliphatic rings. The summed E-state index contributed by atoms with van der Waals surface area (Å²) in [7, 11) is 0. The van der Waals surface area contributed by atoms with Crippen molar-refractivity contribution >= 4 is 6.41 Å². The molecular formula is C6H10NO2. The molecule has 0 aliphatic carbocycles. The fourth-order valence-corrected chi connectivity index (χ4v) is 1.04. The van der Waals surface area contributed by atoms with Crippen LogP contribution in [0.2, 0.25) is 0 Å². The highest BCUT2D eigenvalue weighted by atomic mass is 16.3. The largest absolute Gasteiger partial charge is 0.391 e. The first-order valence-corrected chi connectivity index (χ1v) is 3.13. The monoisotopic (exact) mass is 128 g/mol. The molecule has 1 amide bonds. The van der Waals surface area contributed by atoms with E-state index in [4.69, 9.17) is 5.11 Å². The van der Waals surface area contributed by atoms with Gasteiger partial charge in [0, 0.05) is 13.1 Å². The molecule has 1 heterocycles. The molecule has 0 bridgehead atoms. The number of carbonyl (C=O) groups excluding carboxylic acids is 1. The van der Waals surface area contributed by atoms with Crippen LogP contribution in [0.3, 0.4) is 0 Å². The lowest BCUT2D eigenvalue weighted by Gasteiger charge is -2.25. The third-order valence-electron chi connectivity index (χ3n) is 1.53. The zero-order chi connectivity index (χ0) is 6.69. The third kappa shape index (κ3) is 1.68. The average molecular weight is 128 g/mol. The first-order valence-electron chi connectivity index (χ1n) is 3.13. The lowest BCUT2D eigenvalue weighted by molar-refractivity contribution is 0.101. The van der Waals surface area contributed by atoms with E-state index in [9.17, 15) is 4.79 Å². The second kappa shape index (κ2) is 2.82. The molecule has 1 N–H and O–H groups in total. The summed E-state index contributed by atoms with van der Waals surface area (Å²) in [6.07, 6.45) is 3.16. The molecule has 0 aromatic carbocycles.